The highest BCUT2D eigenvalue weighted by molar-refractivity contribution is 14.0. The van der Waals surface area contributed by atoms with Crippen LogP contribution < -0.4 is 15.4 Å². The van der Waals surface area contributed by atoms with Crippen LogP contribution in [0, 0.1) is 0 Å². The molecule has 0 spiro atoms. The maximum absolute atomic E-state index is 12.5. The molecule has 0 atom stereocenters. The number of fused-ring (bicyclic) bond motifs is 1. The van der Waals surface area contributed by atoms with Crippen LogP contribution in [-0.2, 0) is 13.1 Å². The van der Waals surface area contributed by atoms with Crippen LogP contribution in [0.25, 0.3) is 4.96 Å². The number of nitrogens with zero attached hydrogens (tertiary/aromatic N) is 3. The van der Waals surface area contributed by atoms with Crippen LogP contribution in [-0.4, -0.2) is 28.8 Å². The minimum absolute atomic E-state index is 0. The number of imidazole rings is 1. The van der Waals surface area contributed by atoms with Gasteiger partial charge in [-0.2, -0.15) is 0 Å². The molecule has 3 rings (SSSR count). The molecule has 6 nitrogen and oxygen atoms in total. The minimum Gasteiger partial charge on any atom is -0.405 e. The Morgan fingerprint density at radius 3 is 2.70 bits per heavy atom. The first-order valence-electron chi connectivity index (χ1n) is 7.64. The molecule has 27 heavy (non-hydrogen) atoms. The van der Waals surface area contributed by atoms with Crippen molar-refractivity contribution in [1.29, 1.82) is 0 Å². The van der Waals surface area contributed by atoms with E-state index < -0.39 is 6.36 Å². The number of guanidine groups is 1. The number of para-hydroxylation sites is 1. The third-order valence-corrected chi connectivity index (χ3v) is 4.22. The monoisotopic (exact) mass is 511 g/mol. The molecule has 0 aliphatic rings. The summed E-state index contributed by atoms with van der Waals surface area (Å²) in [6.07, 6.45) is -0.913. The minimum atomic E-state index is -4.73. The lowest BCUT2D eigenvalue weighted by Crippen LogP contribution is -2.36. The SMILES string of the molecule is CN=C(NCc1cn2ccsc2n1)NCc1ccccc1OC(F)(F)F.I. The summed E-state index contributed by atoms with van der Waals surface area (Å²) < 4.78 is 43.4. The average molecular weight is 511 g/mol. The van der Waals surface area contributed by atoms with Gasteiger partial charge in [-0.25, -0.2) is 4.98 Å². The summed E-state index contributed by atoms with van der Waals surface area (Å²) in [5, 5.41) is 7.99. The quantitative estimate of drug-likeness (QED) is 0.311. The molecule has 0 aliphatic heterocycles. The molecule has 0 saturated heterocycles. The fraction of sp³-hybridized carbons (Fsp3) is 0.250. The Balaban J connectivity index is 0.00000261. The maximum atomic E-state index is 12.5. The zero-order valence-corrected chi connectivity index (χ0v) is 17.3. The van der Waals surface area contributed by atoms with E-state index >= 15 is 0 Å². The fourth-order valence-corrected chi connectivity index (χ4v) is 3.03. The molecule has 2 heterocycles. The summed E-state index contributed by atoms with van der Waals surface area (Å²) in [5.41, 5.74) is 1.20. The number of ether oxygens (including phenoxy) is 1. The molecule has 0 unspecified atom stereocenters. The van der Waals surface area contributed by atoms with E-state index in [2.05, 4.69) is 25.3 Å². The second-order valence-electron chi connectivity index (χ2n) is 5.26. The Morgan fingerprint density at radius 1 is 1.26 bits per heavy atom. The molecule has 0 radical (unpaired) electrons. The van der Waals surface area contributed by atoms with Gasteiger partial charge in [0.05, 0.1) is 12.2 Å². The lowest BCUT2D eigenvalue weighted by atomic mass is 10.2. The van der Waals surface area contributed by atoms with Crippen molar-refractivity contribution in [3.8, 4) is 5.75 Å². The standard InChI is InChI=1S/C16H16F3N5OS.HI/c1-20-14(22-9-12-10-24-6-7-26-15(24)23-12)21-8-11-4-2-3-5-13(11)25-16(17,18)19;/h2-7,10H,8-9H2,1H3,(H2,20,21,22);1H. The molecule has 3 aromatic rings. The van der Waals surface area contributed by atoms with Crippen LogP contribution in [0.1, 0.15) is 11.3 Å². The molecule has 0 fully saturated rings. The Labute approximate surface area is 174 Å². The number of nitrogens with one attached hydrogen (secondary N) is 2. The molecule has 0 saturated carbocycles. The van der Waals surface area contributed by atoms with Crippen LogP contribution in [0.4, 0.5) is 13.2 Å². The predicted molar refractivity (Wildman–Crippen MR) is 109 cm³/mol. The van der Waals surface area contributed by atoms with Gasteiger partial charge in [-0.1, -0.05) is 18.2 Å². The number of hydrogen-bond acceptors (Lipinski definition) is 4. The van der Waals surface area contributed by atoms with Gasteiger partial charge < -0.3 is 15.4 Å². The average Bonchev–Trinajstić information content (AvgIpc) is 3.16. The van der Waals surface area contributed by atoms with Crippen LogP contribution in [0.2, 0.25) is 0 Å². The summed E-state index contributed by atoms with van der Waals surface area (Å²) in [7, 11) is 1.58. The van der Waals surface area contributed by atoms with Gasteiger partial charge in [0.1, 0.15) is 5.75 Å². The van der Waals surface area contributed by atoms with Gasteiger partial charge in [0.2, 0.25) is 0 Å². The van der Waals surface area contributed by atoms with Crippen molar-refractivity contribution >= 4 is 46.2 Å². The van der Waals surface area contributed by atoms with E-state index in [1.165, 1.54) is 23.5 Å². The van der Waals surface area contributed by atoms with Gasteiger partial charge in [0.25, 0.3) is 0 Å². The molecule has 2 aromatic heterocycles. The van der Waals surface area contributed by atoms with Crippen molar-refractivity contribution < 1.29 is 17.9 Å². The normalized spacial score (nSPS) is 11.9. The van der Waals surface area contributed by atoms with Gasteiger partial charge >= 0.3 is 6.36 Å². The van der Waals surface area contributed by atoms with E-state index in [1.807, 2.05) is 22.2 Å². The van der Waals surface area contributed by atoms with Crippen molar-refractivity contribution in [3.63, 3.8) is 0 Å². The number of thiazole rings is 1. The Bertz CT molecular complexity index is 880. The second-order valence-corrected chi connectivity index (χ2v) is 6.13. The van der Waals surface area contributed by atoms with Gasteiger partial charge in [-0.15, -0.1) is 48.5 Å². The van der Waals surface area contributed by atoms with Gasteiger partial charge in [0.15, 0.2) is 10.9 Å². The molecular formula is C16H17F3IN5OS. The number of benzene rings is 1. The van der Waals surface area contributed by atoms with Crippen molar-refractivity contribution in [2.75, 3.05) is 7.05 Å². The Kier molecular flexibility index (Phi) is 7.30. The number of aromatic nitrogens is 2. The number of alkyl halides is 3. The molecule has 0 aliphatic carbocycles. The molecular weight excluding hydrogens is 494 g/mol. The zero-order valence-electron chi connectivity index (χ0n) is 14.2. The second kappa shape index (κ2) is 9.26. The molecule has 11 heteroatoms. The van der Waals surface area contributed by atoms with Crippen molar-refractivity contribution in [2.45, 2.75) is 19.5 Å². The number of halogens is 4. The third kappa shape index (κ3) is 5.99. The maximum Gasteiger partial charge on any atom is 0.573 e. The fourth-order valence-electron chi connectivity index (χ4n) is 2.31. The van der Waals surface area contributed by atoms with Crippen molar-refractivity contribution in [2.24, 2.45) is 4.99 Å². The molecule has 0 bridgehead atoms. The number of hydrogen-bond donors (Lipinski definition) is 2. The highest BCUT2D eigenvalue weighted by atomic mass is 127. The first kappa shape index (κ1) is 21.3. The summed E-state index contributed by atoms with van der Waals surface area (Å²) in [4.78, 5) is 9.40. The van der Waals surface area contributed by atoms with Gasteiger partial charge in [-0.05, 0) is 6.07 Å². The smallest absolute Gasteiger partial charge is 0.405 e. The van der Waals surface area contributed by atoms with Gasteiger partial charge in [0, 0.05) is 36.9 Å². The van der Waals surface area contributed by atoms with Crippen LogP contribution in [0.5, 0.6) is 5.75 Å². The molecule has 146 valence electrons. The third-order valence-electron chi connectivity index (χ3n) is 3.45. The largest absolute Gasteiger partial charge is 0.573 e. The summed E-state index contributed by atoms with van der Waals surface area (Å²) >= 11 is 1.53. The Hall–Kier alpha value is -2.02. The van der Waals surface area contributed by atoms with E-state index in [9.17, 15) is 13.2 Å². The van der Waals surface area contributed by atoms with Crippen LogP contribution in [0.3, 0.4) is 0 Å². The molecule has 2 N–H and O–H groups in total. The Morgan fingerprint density at radius 2 is 2.00 bits per heavy atom. The summed E-state index contributed by atoms with van der Waals surface area (Å²) in [6, 6.07) is 5.97. The predicted octanol–water partition coefficient (Wildman–Crippen LogP) is 3.78. The lowest BCUT2D eigenvalue weighted by Gasteiger charge is -2.15. The summed E-state index contributed by atoms with van der Waals surface area (Å²) in [6.45, 7) is 0.568. The van der Waals surface area contributed by atoms with Crippen molar-refractivity contribution in [1.82, 2.24) is 20.0 Å². The zero-order chi connectivity index (χ0) is 18.6. The van der Waals surface area contributed by atoms with Crippen molar-refractivity contribution in [3.05, 3.63) is 53.3 Å². The van der Waals surface area contributed by atoms with E-state index in [0.29, 0.717) is 18.1 Å². The van der Waals surface area contributed by atoms with E-state index in [4.69, 9.17) is 0 Å². The topological polar surface area (TPSA) is 63.0 Å². The lowest BCUT2D eigenvalue weighted by molar-refractivity contribution is -0.274. The molecule has 0 amide bonds. The summed E-state index contributed by atoms with van der Waals surface area (Å²) in [5.74, 6) is 0.209. The number of rotatable bonds is 5. The molecule has 1 aromatic carbocycles. The van der Waals surface area contributed by atoms with E-state index in [-0.39, 0.29) is 36.3 Å². The van der Waals surface area contributed by atoms with Crippen LogP contribution >= 0.6 is 35.3 Å². The highest BCUT2D eigenvalue weighted by Gasteiger charge is 2.31. The van der Waals surface area contributed by atoms with Crippen LogP contribution in [0.15, 0.2) is 47.0 Å². The highest BCUT2D eigenvalue weighted by Crippen LogP contribution is 2.26. The van der Waals surface area contributed by atoms with E-state index in [1.54, 1.807) is 19.2 Å². The number of aliphatic imine (C=N–C) groups is 1. The first-order chi connectivity index (χ1) is 12.4. The van der Waals surface area contributed by atoms with E-state index in [0.717, 1.165) is 10.7 Å². The van der Waals surface area contributed by atoms with Gasteiger partial charge in [-0.3, -0.25) is 9.39 Å². The first-order valence-corrected chi connectivity index (χ1v) is 8.52.